The van der Waals surface area contributed by atoms with Gasteiger partial charge in [-0.25, -0.2) is 4.79 Å². The van der Waals surface area contributed by atoms with E-state index in [1.165, 1.54) is 5.56 Å². The standard InChI is InChI=1S/C22H27N3O3/c1-16-8-10-18(11-9-16)15-24-12-13-25(17(2)21(24)26)22(27)23-14-19-6-4-5-7-20(19)28-3/h4-11,17H,12-15H2,1-3H3,(H,23,27)/t17-/m0/s1. The number of urea groups is 1. The molecule has 6 heteroatoms. The van der Waals surface area contributed by atoms with E-state index in [2.05, 4.69) is 5.32 Å². The summed E-state index contributed by atoms with van der Waals surface area (Å²) >= 11 is 0. The number of ether oxygens (including phenoxy) is 1. The third kappa shape index (κ3) is 4.44. The zero-order chi connectivity index (χ0) is 20.1. The zero-order valence-electron chi connectivity index (χ0n) is 16.6. The van der Waals surface area contributed by atoms with E-state index in [1.807, 2.05) is 60.4 Å². The maximum absolute atomic E-state index is 12.8. The van der Waals surface area contributed by atoms with Crippen LogP contribution < -0.4 is 10.1 Å². The Hall–Kier alpha value is -3.02. The van der Waals surface area contributed by atoms with Crippen LogP contribution in [0.25, 0.3) is 0 Å². The lowest BCUT2D eigenvalue weighted by Gasteiger charge is -2.39. The van der Waals surface area contributed by atoms with Crippen LogP contribution in [0.2, 0.25) is 0 Å². The predicted octanol–water partition coefficient (Wildman–Crippen LogP) is 2.95. The number of benzene rings is 2. The molecule has 0 saturated carbocycles. The first-order chi connectivity index (χ1) is 13.5. The number of nitrogens with one attached hydrogen (secondary N) is 1. The van der Waals surface area contributed by atoms with Crippen LogP contribution in [0.4, 0.5) is 4.79 Å². The quantitative estimate of drug-likeness (QED) is 0.866. The number of rotatable bonds is 5. The van der Waals surface area contributed by atoms with Crippen molar-refractivity contribution in [2.24, 2.45) is 0 Å². The Bertz CT molecular complexity index is 835. The highest BCUT2D eigenvalue weighted by molar-refractivity contribution is 5.88. The van der Waals surface area contributed by atoms with Crippen molar-refractivity contribution in [1.29, 1.82) is 0 Å². The van der Waals surface area contributed by atoms with E-state index in [1.54, 1.807) is 18.9 Å². The topological polar surface area (TPSA) is 61.9 Å². The molecule has 0 bridgehead atoms. The first-order valence-corrected chi connectivity index (χ1v) is 9.50. The SMILES string of the molecule is COc1ccccc1CNC(=O)N1CCN(Cc2ccc(C)cc2)C(=O)[C@@H]1C. The molecule has 0 spiro atoms. The van der Waals surface area contributed by atoms with Gasteiger partial charge in [-0.1, -0.05) is 48.0 Å². The molecule has 1 saturated heterocycles. The predicted molar refractivity (Wildman–Crippen MR) is 108 cm³/mol. The number of carbonyl (C=O) groups excluding carboxylic acids is 2. The van der Waals surface area contributed by atoms with Crippen molar-refractivity contribution in [3.8, 4) is 5.75 Å². The van der Waals surface area contributed by atoms with Crippen molar-refractivity contribution in [2.45, 2.75) is 33.0 Å². The number of hydrogen-bond acceptors (Lipinski definition) is 3. The van der Waals surface area contributed by atoms with Crippen molar-refractivity contribution >= 4 is 11.9 Å². The van der Waals surface area contributed by atoms with E-state index < -0.39 is 6.04 Å². The smallest absolute Gasteiger partial charge is 0.318 e. The monoisotopic (exact) mass is 381 g/mol. The Kier molecular flexibility index (Phi) is 6.19. The second-order valence-electron chi connectivity index (χ2n) is 7.09. The number of methoxy groups -OCH3 is 1. The summed E-state index contributed by atoms with van der Waals surface area (Å²) in [6, 6.07) is 15.0. The highest BCUT2D eigenvalue weighted by Gasteiger charge is 2.34. The number of hydrogen-bond donors (Lipinski definition) is 1. The largest absolute Gasteiger partial charge is 0.496 e. The molecule has 1 aliphatic rings. The first-order valence-electron chi connectivity index (χ1n) is 9.50. The van der Waals surface area contributed by atoms with E-state index in [9.17, 15) is 9.59 Å². The molecule has 1 N–H and O–H groups in total. The molecule has 0 unspecified atom stereocenters. The van der Waals surface area contributed by atoms with Gasteiger partial charge >= 0.3 is 6.03 Å². The second kappa shape index (κ2) is 8.78. The Morgan fingerprint density at radius 1 is 1.14 bits per heavy atom. The average Bonchev–Trinajstić information content (AvgIpc) is 2.71. The average molecular weight is 381 g/mol. The van der Waals surface area contributed by atoms with E-state index >= 15 is 0 Å². The second-order valence-corrected chi connectivity index (χ2v) is 7.09. The van der Waals surface area contributed by atoms with Gasteiger partial charge < -0.3 is 19.9 Å². The van der Waals surface area contributed by atoms with Gasteiger partial charge in [-0.2, -0.15) is 0 Å². The summed E-state index contributed by atoms with van der Waals surface area (Å²) in [6.07, 6.45) is 0. The molecule has 1 aliphatic heterocycles. The normalized spacial score (nSPS) is 16.8. The van der Waals surface area contributed by atoms with Gasteiger partial charge in [0.05, 0.1) is 7.11 Å². The van der Waals surface area contributed by atoms with Gasteiger partial charge in [-0.15, -0.1) is 0 Å². The van der Waals surface area contributed by atoms with Crippen LogP contribution in [0.3, 0.4) is 0 Å². The molecular weight excluding hydrogens is 354 g/mol. The van der Waals surface area contributed by atoms with Gasteiger partial charge in [0.25, 0.3) is 0 Å². The molecule has 3 rings (SSSR count). The third-order valence-corrected chi connectivity index (χ3v) is 5.12. The van der Waals surface area contributed by atoms with Crippen molar-refractivity contribution in [2.75, 3.05) is 20.2 Å². The van der Waals surface area contributed by atoms with Gasteiger partial charge in [-0.3, -0.25) is 4.79 Å². The molecule has 1 fully saturated rings. The number of piperazine rings is 1. The van der Waals surface area contributed by atoms with Crippen molar-refractivity contribution < 1.29 is 14.3 Å². The Morgan fingerprint density at radius 2 is 1.86 bits per heavy atom. The Balaban J connectivity index is 1.58. The maximum Gasteiger partial charge on any atom is 0.318 e. The van der Waals surface area contributed by atoms with Crippen LogP contribution in [0.15, 0.2) is 48.5 Å². The van der Waals surface area contributed by atoms with E-state index in [0.717, 1.165) is 16.9 Å². The summed E-state index contributed by atoms with van der Waals surface area (Å²) in [7, 11) is 1.61. The summed E-state index contributed by atoms with van der Waals surface area (Å²) in [4.78, 5) is 28.8. The lowest BCUT2D eigenvalue weighted by Crippen LogP contribution is -2.59. The number of carbonyl (C=O) groups is 2. The summed E-state index contributed by atoms with van der Waals surface area (Å²) in [5, 5.41) is 2.90. The molecule has 0 aliphatic carbocycles. The van der Waals surface area contributed by atoms with Gasteiger partial charge in [0.1, 0.15) is 11.8 Å². The number of aryl methyl sites for hydroxylation is 1. The summed E-state index contributed by atoms with van der Waals surface area (Å²) in [5.41, 5.74) is 3.19. The van der Waals surface area contributed by atoms with Crippen LogP contribution in [0, 0.1) is 6.92 Å². The molecular formula is C22H27N3O3. The summed E-state index contributed by atoms with van der Waals surface area (Å²) in [6.45, 7) is 5.79. The van der Waals surface area contributed by atoms with Crippen LogP contribution in [-0.2, 0) is 17.9 Å². The van der Waals surface area contributed by atoms with E-state index in [0.29, 0.717) is 26.2 Å². The molecule has 148 valence electrons. The minimum atomic E-state index is -0.489. The van der Waals surface area contributed by atoms with Crippen molar-refractivity contribution in [3.63, 3.8) is 0 Å². The van der Waals surface area contributed by atoms with E-state index in [4.69, 9.17) is 4.74 Å². The fourth-order valence-corrected chi connectivity index (χ4v) is 3.40. The molecule has 1 heterocycles. The summed E-state index contributed by atoms with van der Waals surface area (Å²) in [5.74, 6) is 0.703. The number of para-hydroxylation sites is 1. The molecule has 3 amide bonds. The van der Waals surface area contributed by atoms with Crippen molar-refractivity contribution in [1.82, 2.24) is 15.1 Å². The van der Waals surface area contributed by atoms with Crippen LogP contribution in [-0.4, -0.2) is 48.0 Å². The van der Waals surface area contributed by atoms with Crippen molar-refractivity contribution in [3.05, 3.63) is 65.2 Å². The molecule has 1 atom stereocenters. The molecule has 0 aromatic heterocycles. The Morgan fingerprint density at radius 3 is 2.57 bits per heavy atom. The maximum atomic E-state index is 12.8. The first kappa shape index (κ1) is 19.7. The fraction of sp³-hybridized carbons (Fsp3) is 0.364. The molecule has 2 aromatic rings. The number of amides is 3. The minimum Gasteiger partial charge on any atom is -0.496 e. The fourth-order valence-electron chi connectivity index (χ4n) is 3.40. The molecule has 6 nitrogen and oxygen atoms in total. The highest BCUT2D eigenvalue weighted by atomic mass is 16.5. The minimum absolute atomic E-state index is 0.0285. The zero-order valence-corrected chi connectivity index (χ0v) is 16.6. The van der Waals surface area contributed by atoms with Gasteiger partial charge in [0.15, 0.2) is 0 Å². The van der Waals surface area contributed by atoms with E-state index in [-0.39, 0.29) is 11.9 Å². The third-order valence-electron chi connectivity index (χ3n) is 5.12. The summed E-state index contributed by atoms with van der Waals surface area (Å²) < 4.78 is 5.31. The van der Waals surface area contributed by atoms with Crippen LogP contribution >= 0.6 is 0 Å². The van der Waals surface area contributed by atoms with Crippen LogP contribution in [0.1, 0.15) is 23.6 Å². The molecule has 0 radical (unpaired) electrons. The lowest BCUT2D eigenvalue weighted by atomic mass is 10.1. The van der Waals surface area contributed by atoms with Gasteiger partial charge in [0, 0.05) is 31.7 Å². The number of nitrogens with zero attached hydrogens (tertiary/aromatic N) is 2. The molecule has 28 heavy (non-hydrogen) atoms. The Labute approximate surface area is 166 Å². The van der Waals surface area contributed by atoms with Gasteiger partial charge in [-0.05, 0) is 25.5 Å². The highest BCUT2D eigenvalue weighted by Crippen LogP contribution is 2.18. The molecule has 2 aromatic carbocycles. The lowest BCUT2D eigenvalue weighted by molar-refractivity contribution is -0.139. The van der Waals surface area contributed by atoms with Gasteiger partial charge in [0.2, 0.25) is 5.91 Å². The van der Waals surface area contributed by atoms with Crippen LogP contribution in [0.5, 0.6) is 5.75 Å².